The predicted molar refractivity (Wildman–Crippen MR) is 77.2 cm³/mol. The summed E-state index contributed by atoms with van der Waals surface area (Å²) in [4.78, 5) is 36.1. The van der Waals surface area contributed by atoms with Gasteiger partial charge in [-0.2, -0.15) is 0 Å². The second-order valence-corrected chi connectivity index (χ2v) is 6.41. The van der Waals surface area contributed by atoms with Crippen LogP contribution in [0.4, 0.5) is 0 Å². The van der Waals surface area contributed by atoms with E-state index in [9.17, 15) is 14.4 Å². The van der Waals surface area contributed by atoms with Gasteiger partial charge in [0.1, 0.15) is 6.04 Å². The SMILES string of the molecule is CC(=O)N1CSCC1C(=O)NCC(CC(C)C)C(=O)O. The first-order valence-corrected chi connectivity index (χ1v) is 7.83. The van der Waals surface area contributed by atoms with Gasteiger partial charge < -0.3 is 15.3 Å². The van der Waals surface area contributed by atoms with Gasteiger partial charge in [0.05, 0.1) is 11.8 Å². The average Bonchev–Trinajstić information content (AvgIpc) is 2.82. The number of thioether (sulfide) groups is 1. The number of carboxylic acid groups (broad SMARTS) is 1. The number of carboxylic acids is 1. The fourth-order valence-corrected chi connectivity index (χ4v) is 3.37. The monoisotopic (exact) mass is 302 g/mol. The summed E-state index contributed by atoms with van der Waals surface area (Å²) in [5.74, 6) is -0.548. The molecule has 2 unspecified atom stereocenters. The molecule has 20 heavy (non-hydrogen) atoms. The molecule has 0 radical (unpaired) electrons. The lowest BCUT2D eigenvalue weighted by Crippen LogP contribution is -2.48. The molecule has 0 bridgehead atoms. The summed E-state index contributed by atoms with van der Waals surface area (Å²) in [6, 6.07) is -0.481. The first-order chi connectivity index (χ1) is 9.32. The highest BCUT2D eigenvalue weighted by atomic mass is 32.2. The van der Waals surface area contributed by atoms with Gasteiger partial charge in [-0.25, -0.2) is 0 Å². The number of carbonyl (C=O) groups excluding carboxylic acids is 2. The summed E-state index contributed by atoms with van der Waals surface area (Å²) in [7, 11) is 0. The average molecular weight is 302 g/mol. The van der Waals surface area contributed by atoms with Crippen LogP contribution in [0.1, 0.15) is 27.2 Å². The lowest BCUT2D eigenvalue weighted by Gasteiger charge is -2.22. The number of amides is 2. The Labute approximate surface area is 123 Å². The van der Waals surface area contributed by atoms with Crippen molar-refractivity contribution >= 4 is 29.5 Å². The van der Waals surface area contributed by atoms with E-state index < -0.39 is 17.9 Å². The van der Waals surface area contributed by atoms with Crippen molar-refractivity contribution in [2.75, 3.05) is 18.2 Å². The Balaban J connectivity index is 2.53. The van der Waals surface area contributed by atoms with Crippen LogP contribution in [0.2, 0.25) is 0 Å². The molecule has 114 valence electrons. The number of carbonyl (C=O) groups is 3. The second-order valence-electron chi connectivity index (χ2n) is 5.41. The van der Waals surface area contributed by atoms with Crippen LogP contribution >= 0.6 is 11.8 Å². The summed E-state index contributed by atoms with van der Waals surface area (Å²) in [6.07, 6.45) is 0.519. The van der Waals surface area contributed by atoms with E-state index in [1.54, 1.807) is 0 Å². The smallest absolute Gasteiger partial charge is 0.308 e. The van der Waals surface area contributed by atoms with Gasteiger partial charge in [0.15, 0.2) is 0 Å². The molecule has 0 aromatic heterocycles. The topological polar surface area (TPSA) is 86.7 Å². The van der Waals surface area contributed by atoms with E-state index in [-0.39, 0.29) is 24.3 Å². The van der Waals surface area contributed by atoms with Gasteiger partial charge in [0.25, 0.3) is 0 Å². The molecule has 2 amide bonds. The Morgan fingerprint density at radius 1 is 1.40 bits per heavy atom. The molecule has 1 rings (SSSR count). The number of hydrogen-bond acceptors (Lipinski definition) is 4. The molecule has 1 fully saturated rings. The molecule has 1 aliphatic rings. The fraction of sp³-hybridized carbons (Fsp3) is 0.769. The molecule has 7 heteroatoms. The second kappa shape index (κ2) is 7.52. The highest BCUT2D eigenvalue weighted by Crippen LogP contribution is 2.21. The Bertz CT molecular complexity index is 387. The van der Waals surface area contributed by atoms with E-state index >= 15 is 0 Å². The van der Waals surface area contributed by atoms with Crippen LogP contribution in [0.15, 0.2) is 0 Å². The fourth-order valence-electron chi connectivity index (χ4n) is 2.15. The minimum atomic E-state index is -0.900. The predicted octanol–water partition coefficient (Wildman–Crippen LogP) is 0.771. The Morgan fingerprint density at radius 3 is 2.55 bits per heavy atom. The minimum absolute atomic E-state index is 0.110. The van der Waals surface area contributed by atoms with Crippen molar-refractivity contribution in [1.29, 1.82) is 0 Å². The number of nitrogens with zero attached hydrogens (tertiary/aromatic N) is 1. The molecule has 1 aliphatic heterocycles. The zero-order chi connectivity index (χ0) is 15.3. The van der Waals surface area contributed by atoms with Gasteiger partial charge in [0.2, 0.25) is 11.8 Å². The zero-order valence-corrected chi connectivity index (χ0v) is 12.9. The van der Waals surface area contributed by atoms with Crippen molar-refractivity contribution in [3.8, 4) is 0 Å². The van der Waals surface area contributed by atoms with Gasteiger partial charge in [-0.1, -0.05) is 13.8 Å². The highest BCUT2D eigenvalue weighted by molar-refractivity contribution is 7.99. The Hall–Kier alpha value is -1.24. The van der Waals surface area contributed by atoms with E-state index in [2.05, 4.69) is 5.32 Å². The minimum Gasteiger partial charge on any atom is -0.481 e. The van der Waals surface area contributed by atoms with Gasteiger partial charge in [-0.05, 0) is 12.3 Å². The van der Waals surface area contributed by atoms with E-state index in [1.807, 2.05) is 13.8 Å². The third kappa shape index (κ3) is 4.70. The molecule has 0 spiro atoms. The van der Waals surface area contributed by atoms with Crippen LogP contribution in [0.5, 0.6) is 0 Å². The first kappa shape index (κ1) is 16.8. The maximum absolute atomic E-state index is 12.1. The Kier molecular flexibility index (Phi) is 6.32. The normalized spacial score (nSPS) is 20.0. The van der Waals surface area contributed by atoms with Crippen LogP contribution in [0.25, 0.3) is 0 Å². The van der Waals surface area contributed by atoms with Crippen molar-refractivity contribution in [3.63, 3.8) is 0 Å². The van der Waals surface area contributed by atoms with Crippen LogP contribution < -0.4 is 5.32 Å². The summed E-state index contributed by atoms with van der Waals surface area (Å²) < 4.78 is 0. The van der Waals surface area contributed by atoms with Gasteiger partial charge in [-0.3, -0.25) is 14.4 Å². The van der Waals surface area contributed by atoms with Crippen LogP contribution in [-0.2, 0) is 14.4 Å². The molecule has 0 aromatic carbocycles. The quantitative estimate of drug-likeness (QED) is 0.757. The number of aliphatic carboxylic acids is 1. The Morgan fingerprint density at radius 2 is 2.05 bits per heavy atom. The molecule has 1 saturated heterocycles. The number of rotatable bonds is 6. The van der Waals surface area contributed by atoms with Crippen molar-refractivity contribution in [2.24, 2.45) is 11.8 Å². The third-order valence-corrected chi connectivity index (χ3v) is 4.23. The molecule has 0 aromatic rings. The summed E-state index contributed by atoms with van der Waals surface area (Å²) in [5, 5.41) is 11.8. The van der Waals surface area contributed by atoms with E-state index in [1.165, 1.54) is 23.6 Å². The molecule has 2 atom stereocenters. The summed E-state index contributed by atoms with van der Waals surface area (Å²) in [5.41, 5.74) is 0. The molecular weight excluding hydrogens is 280 g/mol. The molecule has 0 aliphatic carbocycles. The molecule has 1 heterocycles. The largest absolute Gasteiger partial charge is 0.481 e. The third-order valence-electron chi connectivity index (χ3n) is 3.22. The van der Waals surface area contributed by atoms with Crippen LogP contribution in [0.3, 0.4) is 0 Å². The van der Waals surface area contributed by atoms with Gasteiger partial charge in [-0.15, -0.1) is 11.8 Å². The van der Waals surface area contributed by atoms with E-state index in [0.717, 1.165) is 0 Å². The maximum atomic E-state index is 12.1. The summed E-state index contributed by atoms with van der Waals surface area (Å²) >= 11 is 1.53. The number of hydrogen-bond donors (Lipinski definition) is 2. The lowest BCUT2D eigenvalue weighted by molar-refractivity contribution is -0.142. The standard InChI is InChI=1S/C13H22N2O4S/c1-8(2)4-10(13(18)19)5-14-12(17)11-6-20-7-15(11)9(3)16/h8,10-11H,4-7H2,1-3H3,(H,14,17)(H,18,19). The van der Waals surface area contributed by atoms with Crippen molar-refractivity contribution in [3.05, 3.63) is 0 Å². The molecule has 6 nitrogen and oxygen atoms in total. The van der Waals surface area contributed by atoms with Gasteiger partial charge in [0, 0.05) is 19.2 Å². The first-order valence-electron chi connectivity index (χ1n) is 6.68. The van der Waals surface area contributed by atoms with E-state index in [4.69, 9.17) is 5.11 Å². The summed E-state index contributed by atoms with van der Waals surface area (Å²) in [6.45, 7) is 5.44. The van der Waals surface area contributed by atoms with Crippen molar-refractivity contribution in [1.82, 2.24) is 10.2 Å². The van der Waals surface area contributed by atoms with Crippen molar-refractivity contribution in [2.45, 2.75) is 33.2 Å². The molecular formula is C13H22N2O4S. The highest BCUT2D eigenvalue weighted by Gasteiger charge is 2.33. The van der Waals surface area contributed by atoms with Crippen LogP contribution in [0, 0.1) is 11.8 Å². The molecule has 0 saturated carbocycles. The zero-order valence-electron chi connectivity index (χ0n) is 12.1. The van der Waals surface area contributed by atoms with Crippen molar-refractivity contribution < 1.29 is 19.5 Å². The maximum Gasteiger partial charge on any atom is 0.308 e. The number of nitrogens with one attached hydrogen (secondary N) is 1. The van der Waals surface area contributed by atoms with E-state index in [0.29, 0.717) is 18.1 Å². The lowest BCUT2D eigenvalue weighted by atomic mass is 9.97. The van der Waals surface area contributed by atoms with Crippen LogP contribution in [-0.4, -0.2) is 52.0 Å². The molecule has 2 N–H and O–H groups in total. The van der Waals surface area contributed by atoms with Gasteiger partial charge >= 0.3 is 5.97 Å².